The number of nitrogens with zero attached hydrogens (tertiary/aromatic N) is 2. The van der Waals surface area contributed by atoms with Crippen LogP contribution < -0.4 is 0 Å². The van der Waals surface area contributed by atoms with E-state index in [0.29, 0.717) is 5.75 Å². The SMILES string of the molecule is Oc1ccc(CN2CCN(CCCl)CC2)cc1. The van der Waals surface area contributed by atoms with Crippen LogP contribution in [-0.2, 0) is 6.54 Å². The zero-order chi connectivity index (χ0) is 12.1. The second-order valence-corrected chi connectivity index (χ2v) is 4.85. The molecule has 17 heavy (non-hydrogen) atoms. The van der Waals surface area contributed by atoms with E-state index in [0.717, 1.165) is 45.1 Å². The number of halogens is 1. The molecule has 94 valence electrons. The molecular weight excluding hydrogens is 236 g/mol. The molecule has 1 aromatic rings. The van der Waals surface area contributed by atoms with Crippen molar-refractivity contribution in [3.05, 3.63) is 29.8 Å². The van der Waals surface area contributed by atoms with Gasteiger partial charge in [-0.05, 0) is 17.7 Å². The smallest absolute Gasteiger partial charge is 0.115 e. The van der Waals surface area contributed by atoms with E-state index in [4.69, 9.17) is 11.6 Å². The summed E-state index contributed by atoms with van der Waals surface area (Å²) in [6.07, 6.45) is 0. The summed E-state index contributed by atoms with van der Waals surface area (Å²) in [6.45, 7) is 6.36. The van der Waals surface area contributed by atoms with Crippen molar-refractivity contribution in [3.63, 3.8) is 0 Å². The van der Waals surface area contributed by atoms with Crippen LogP contribution in [0.2, 0.25) is 0 Å². The van der Waals surface area contributed by atoms with Crippen molar-refractivity contribution < 1.29 is 5.11 Å². The first-order valence-electron chi connectivity index (χ1n) is 6.06. The molecule has 0 unspecified atom stereocenters. The predicted molar refractivity (Wildman–Crippen MR) is 70.5 cm³/mol. The highest BCUT2D eigenvalue weighted by molar-refractivity contribution is 6.18. The van der Waals surface area contributed by atoms with Crippen molar-refractivity contribution in [1.82, 2.24) is 9.80 Å². The molecule has 0 atom stereocenters. The van der Waals surface area contributed by atoms with Crippen LogP contribution >= 0.6 is 11.6 Å². The van der Waals surface area contributed by atoms with E-state index in [1.165, 1.54) is 5.56 Å². The summed E-state index contributed by atoms with van der Waals surface area (Å²) in [5, 5.41) is 9.22. The van der Waals surface area contributed by atoms with E-state index >= 15 is 0 Å². The summed E-state index contributed by atoms with van der Waals surface area (Å²) in [5.41, 5.74) is 1.26. The monoisotopic (exact) mass is 254 g/mol. The summed E-state index contributed by atoms with van der Waals surface area (Å²) in [7, 11) is 0. The number of piperazine rings is 1. The molecule has 1 aromatic carbocycles. The van der Waals surface area contributed by atoms with Crippen molar-refractivity contribution in [2.45, 2.75) is 6.54 Å². The Morgan fingerprint density at radius 2 is 1.59 bits per heavy atom. The van der Waals surface area contributed by atoms with E-state index in [2.05, 4.69) is 9.80 Å². The molecule has 1 saturated heterocycles. The number of rotatable bonds is 4. The number of aromatic hydroxyl groups is 1. The van der Waals surface area contributed by atoms with Crippen molar-refractivity contribution in [2.24, 2.45) is 0 Å². The highest BCUT2D eigenvalue weighted by atomic mass is 35.5. The van der Waals surface area contributed by atoms with Crippen LogP contribution in [-0.4, -0.2) is 53.5 Å². The number of benzene rings is 1. The van der Waals surface area contributed by atoms with Crippen LogP contribution in [0.25, 0.3) is 0 Å². The van der Waals surface area contributed by atoms with Gasteiger partial charge in [-0.25, -0.2) is 0 Å². The third kappa shape index (κ3) is 3.87. The number of alkyl halides is 1. The third-order valence-corrected chi connectivity index (χ3v) is 3.38. The minimum atomic E-state index is 0.334. The normalized spacial score (nSPS) is 18.4. The quantitative estimate of drug-likeness (QED) is 0.830. The van der Waals surface area contributed by atoms with Crippen LogP contribution in [0.3, 0.4) is 0 Å². The molecule has 0 bridgehead atoms. The lowest BCUT2D eigenvalue weighted by atomic mass is 10.2. The van der Waals surface area contributed by atoms with Gasteiger partial charge in [0.1, 0.15) is 5.75 Å². The first kappa shape index (κ1) is 12.7. The molecular formula is C13H19ClN2O. The first-order chi connectivity index (χ1) is 8.28. The van der Waals surface area contributed by atoms with E-state index in [9.17, 15) is 5.11 Å². The fourth-order valence-electron chi connectivity index (χ4n) is 2.15. The third-order valence-electron chi connectivity index (χ3n) is 3.21. The summed E-state index contributed by atoms with van der Waals surface area (Å²) >= 11 is 5.74. The van der Waals surface area contributed by atoms with Gasteiger partial charge >= 0.3 is 0 Å². The van der Waals surface area contributed by atoms with E-state index in [1.54, 1.807) is 12.1 Å². The largest absolute Gasteiger partial charge is 0.508 e. The summed E-state index contributed by atoms with van der Waals surface area (Å²) in [6, 6.07) is 7.47. The number of hydrogen-bond donors (Lipinski definition) is 1. The maximum absolute atomic E-state index is 9.22. The van der Waals surface area contributed by atoms with Gasteiger partial charge in [-0.3, -0.25) is 9.80 Å². The van der Waals surface area contributed by atoms with Crippen LogP contribution in [0.5, 0.6) is 5.75 Å². The Bertz CT molecular complexity index is 334. The lowest BCUT2D eigenvalue weighted by Gasteiger charge is -2.34. The zero-order valence-electron chi connectivity index (χ0n) is 9.98. The lowest BCUT2D eigenvalue weighted by molar-refractivity contribution is 0.132. The van der Waals surface area contributed by atoms with Crippen molar-refractivity contribution >= 4 is 11.6 Å². The van der Waals surface area contributed by atoms with Crippen molar-refractivity contribution in [2.75, 3.05) is 38.6 Å². The maximum Gasteiger partial charge on any atom is 0.115 e. The average molecular weight is 255 g/mol. The molecule has 1 heterocycles. The van der Waals surface area contributed by atoms with Crippen molar-refractivity contribution in [3.8, 4) is 5.75 Å². The fraction of sp³-hybridized carbons (Fsp3) is 0.538. The van der Waals surface area contributed by atoms with Crippen LogP contribution in [0, 0.1) is 0 Å². The Labute approximate surface area is 108 Å². The molecule has 0 aliphatic carbocycles. The number of hydrogen-bond acceptors (Lipinski definition) is 3. The number of phenols is 1. The molecule has 1 N–H and O–H groups in total. The average Bonchev–Trinajstić information content (AvgIpc) is 2.35. The highest BCUT2D eigenvalue weighted by Crippen LogP contribution is 2.13. The fourth-order valence-corrected chi connectivity index (χ4v) is 2.39. The summed E-state index contributed by atoms with van der Waals surface area (Å²) in [4.78, 5) is 4.84. The minimum Gasteiger partial charge on any atom is -0.508 e. The Hall–Kier alpha value is -0.770. The first-order valence-corrected chi connectivity index (χ1v) is 6.60. The minimum absolute atomic E-state index is 0.334. The number of phenolic OH excluding ortho intramolecular Hbond substituents is 1. The molecule has 0 radical (unpaired) electrons. The van der Waals surface area contributed by atoms with Crippen LogP contribution in [0.4, 0.5) is 0 Å². The molecule has 4 heteroatoms. The van der Waals surface area contributed by atoms with Crippen LogP contribution in [0.15, 0.2) is 24.3 Å². The molecule has 2 rings (SSSR count). The van der Waals surface area contributed by atoms with Gasteiger partial charge in [-0.15, -0.1) is 11.6 Å². The van der Waals surface area contributed by atoms with Crippen molar-refractivity contribution in [1.29, 1.82) is 0 Å². The second kappa shape index (κ2) is 6.24. The predicted octanol–water partition coefficient (Wildman–Crippen LogP) is 1.75. The summed E-state index contributed by atoms with van der Waals surface area (Å²) < 4.78 is 0. The van der Waals surface area contributed by atoms with E-state index in [-0.39, 0.29) is 0 Å². The standard InChI is InChI=1S/C13H19ClN2O/c14-5-6-15-7-9-16(10-8-15)11-12-1-3-13(17)4-2-12/h1-4,17H,5-11H2. The molecule has 0 amide bonds. The Kier molecular flexibility index (Phi) is 4.66. The molecule has 0 aromatic heterocycles. The molecule has 1 aliphatic rings. The van der Waals surface area contributed by atoms with Gasteiger partial charge < -0.3 is 5.11 Å². The van der Waals surface area contributed by atoms with Gasteiger partial charge in [0.15, 0.2) is 0 Å². The molecule has 1 fully saturated rings. The van der Waals surface area contributed by atoms with E-state index in [1.807, 2.05) is 12.1 Å². The molecule has 1 aliphatic heterocycles. The van der Waals surface area contributed by atoms with Gasteiger partial charge in [0.25, 0.3) is 0 Å². The van der Waals surface area contributed by atoms with Gasteiger partial charge in [0.05, 0.1) is 0 Å². The Balaban J connectivity index is 1.79. The van der Waals surface area contributed by atoms with E-state index < -0.39 is 0 Å². The zero-order valence-corrected chi connectivity index (χ0v) is 10.7. The van der Waals surface area contributed by atoms with Crippen LogP contribution in [0.1, 0.15) is 5.56 Å². The lowest BCUT2D eigenvalue weighted by Crippen LogP contribution is -2.46. The Morgan fingerprint density at radius 1 is 1.00 bits per heavy atom. The topological polar surface area (TPSA) is 26.7 Å². The van der Waals surface area contributed by atoms with Gasteiger partial charge in [0, 0.05) is 45.1 Å². The Morgan fingerprint density at radius 3 is 2.18 bits per heavy atom. The molecule has 0 saturated carbocycles. The molecule has 0 spiro atoms. The highest BCUT2D eigenvalue weighted by Gasteiger charge is 2.15. The summed E-state index contributed by atoms with van der Waals surface area (Å²) in [5.74, 6) is 1.05. The molecule has 3 nitrogen and oxygen atoms in total. The van der Waals surface area contributed by atoms with Gasteiger partial charge in [-0.2, -0.15) is 0 Å². The second-order valence-electron chi connectivity index (χ2n) is 4.47. The maximum atomic E-state index is 9.22. The van der Waals surface area contributed by atoms with Gasteiger partial charge in [-0.1, -0.05) is 12.1 Å². The van der Waals surface area contributed by atoms with Gasteiger partial charge in [0.2, 0.25) is 0 Å².